The van der Waals surface area contributed by atoms with Gasteiger partial charge >= 0.3 is 0 Å². The Kier molecular flexibility index (Phi) is 4.93. The molecule has 1 atom stereocenters. The summed E-state index contributed by atoms with van der Waals surface area (Å²) < 4.78 is 0. The third-order valence-electron chi connectivity index (χ3n) is 4.43. The minimum absolute atomic E-state index is 0.0174. The first-order chi connectivity index (χ1) is 13.2. The van der Waals surface area contributed by atoms with E-state index >= 15 is 0 Å². The first-order valence-corrected chi connectivity index (χ1v) is 9.01. The van der Waals surface area contributed by atoms with Crippen LogP contribution >= 0.6 is 11.6 Å². The van der Waals surface area contributed by atoms with Crippen LogP contribution in [0.5, 0.6) is 0 Å². The third-order valence-corrected chi connectivity index (χ3v) is 4.68. The van der Waals surface area contributed by atoms with Crippen LogP contribution in [0, 0.1) is 0 Å². The predicted octanol–water partition coefficient (Wildman–Crippen LogP) is 3.64. The fourth-order valence-corrected chi connectivity index (χ4v) is 3.30. The van der Waals surface area contributed by atoms with Gasteiger partial charge in [-0.2, -0.15) is 0 Å². The van der Waals surface area contributed by atoms with Crippen molar-refractivity contribution in [2.24, 2.45) is 0 Å². The molecule has 4 rings (SSSR count). The van der Waals surface area contributed by atoms with E-state index in [0.29, 0.717) is 28.9 Å². The van der Waals surface area contributed by atoms with E-state index in [-0.39, 0.29) is 11.9 Å². The molecule has 3 heterocycles. The van der Waals surface area contributed by atoms with Crippen molar-refractivity contribution in [2.45, 2.75) is 18.9 Å². The molecule has 1 N–H and O–H groups in total. The van der Waals surface area contributed by atoms with E-state index in [2.05, 4.69) is 25.3 Å². The van der Waals surface area contributed by atoms with E-state index in [1.165, 1.54) is 0 Å². The summed E-state index contributed by atoms with van der Waals surface area (Å²) >= 11 is 5.93. The Balaban J connectivity index is 1.56. The zero-order chi connectivity index (χ0) is 18.6. The largest absolute Gasteiger partial charge is 0.330 e. The van der Waals surface area contributed by atoms with Gasteiger partial charge in [-0.1, -0.05) is 11.6 Å². The second kappa shape index (κ2) is 7.67. The van der Waals surface area contributed by atoms with Crippen molar-refractivity contribution in [3.05, 3.63) is 71.4 Å². The summed E-state index contributed by atoms with van der Waals surface area (Å²) in [7, 11) is 0. The van der Waals surface area contributed by atoms with Crippen LogP contribution in [0.15, 0.2) is 55.1 Å². The minimum atomic E-state index is -0.0846. The number of benzene rings is 1. The van der Waals surface area contributed by atoms with E-state index in [1.54, 1.807) is 49.1 Å². The lowest BCUT2D eigenvalue weighted by molar-refractivity contribution is 0.0733. The van der Waals surface area contributed by atoms with Crippen LogP contribution in [-0.2, 0) is 0 Å². The second-order valence-corrected chi connectivity index (χ2v) is 6.62. The van der Waals surface area contributed by atoms with Gasteiger partial charge in [-0.15, -0.1) is 0 Å². The van der Waals surface area contributed by atoms with E-state index in [4.69, 9.17) is 11.6 Å². The number of aromatic nitrogens is 4. The lowest BCUT2D eigenvalue weighted by Crippen LogP contribution is -2.31. The van der Waals surface area contributed by atoms with Crippen LogP contribution in [0.2, 0.25) is 5.02 Å². The van der Waals surface area contributed by atoms with Crippen molar-refractivity contribution in [1.29, 1.82) is 0 Å². The Morgan fingerprint density at radius 3 is 2.74 bits per heavy atom. The zero-order valence-electron chi connectivity index (χ0n) is 14.4. The minimum Gasteiger partial charge on any atom is -0.330 e. The molecule has 1 aliphatic rings. The standard InChI is InChI=1S/C19H17ClN6O/c20-14-5-3-13(4-6-14)18(27)26-11-1-2-16(26)15-7-8-23-19(24-15)25-17-12-21-9-10-22-17/h3-10,12,16H,1-2,11H2,(H,22,23,24,25)/t16-/m1/s1. The number of nitrogens with zero attached hydrogens (tertiary/aromatic N) is 5. The first-order valence-electron chi connectivity index (χ1n) is 8.63. The van der Waals surface area contributed by atoms with Gasteiger partial charge in [0.2, 0.25) is 5.95 Å². The number of carbonyl (C=O) groups is 1. The number of likely N-dealkylation sites (tertiary alicyclic amines) is 1. The van der Waals surface area contributed by atoms with Crippen molar-refractivity contribution in [3.8, 4) is 0 Å². The molecule has 0 radical (unpaired) electrons. The fraction of sp³-hybridized carbons (Fsp3) is 0.211. The molecule has 0 spiro atoms. The number of anilines is 2. The molecular formula is C19H17ClN6O. The highest BCUT2D eigenvalue weighted by molar-refractivity contribution is 6.30. The van der Waals surface area contributed by atoms with E-state index in [1.807, 2.05) is 11.0 Å². The molecule has 7 nitrogen and oxygen atoms in total. The Bertz CT molecular complexity index is 934. The first kappa shape index (κ1) is 17.4. The average molecular weight is 381 g/mol. The fourth-order valence-electron chi connectivity index (χ4n) is 3.17. The number of carbonyl (C=O) groups excluding carboxylic acids is 1. The molecule has 1 aromatic carbocycles. The monoisotopic (exact) mass is 380 g/mol. The highest BCUT2D eigenvalue weighted by atomic mass is 35.5. The highest BCUT2D eigenvalue weighted by Crippen LogP contribution is 2.32. The summed E-state index contributed by atoms with van der Waals surface area (Å²) in [5.41, 5.74) is 1.43. The van der Waals surface area contributed by atoms with E-state index in [0.717, 1.165) is 18.5 Å². The lowest BCUT2D eigenvalue weighted by Gasteiger charge is -2.24. The normalized spacial score (nSPS) is 16.3. The smallest absolute Gasteiger partial charge is 0.254 e. The van der Waals surface area contributed by atoms with Gasteiger partial charge in [0, 0.05) is 35.7 Å². The molecule has 3 aromatic rings. The molecule has 1 saturated heterocycles. The van der Waals surface area contributed by atoms with Crippen LogP contribution in [0.4, 0.5) is 11.8 Å². The maximum Gasteiger partial charge on any atom is 0.254 e. The maximum atomic E-state index is 12.9. The van der Waals surface area contributed by atoms with Crippen LogP contribution in [0.3, 0.4) is 0 Å². The lowest BCUT2D eigenvalue weighted by atomic mass is 10.1. The quantitative estimate of drug-likeness (QED) is 0.743. The van der Waals surface area contributed by atoms with Gasteiger partial charge in [0.05, 0.1) is 17.9 Å². The molecular weight excluding hydrogens is 364 g/mol. The maximum absolute atomic E-state index is 12.9. The third kappa shape index (κ3) is 3.88. The van der Waals surface area contributed by atoms with Gasteiger partial charge < -0.3 is 10.2 Å². The molecule has 1 aliphatic heterocycles. The van der Waals surface area contributed by atoms with Gasteiger partial charge in [0.15, 0.2) is 5.82 Å². The predicted molar refractivity (Wildman–Crippen MR) is 102 cm³/mol. The summed E-state index contributed by atoms with van der Waals surface area (Å²) in [4.78, 5) is 31.8. The van der Waals surface area contributed by atoms with Crippen molar-refractivity contribution < 1.29 is 4.79 Å². The zero-order valence-corrected chi connectivity index (χ0v) is 15.2. The molecule has 0 aliphatic carbocycles. The van der Waals surface area contributed by atoms with Gasteiger partial charge in [0.1, 0.15) is 0 Å². The molecule has 0 unspecified atom stereocenters. The van der Waals surface area contributed by atoms with E-state index in [9.17, 15) is 4.79 Å². The molecule has 136 valence electrons. The van der Waals surface area contributed by atoms with E-state index < -0.39 is 0 Å². The van der Waals surface area contributed by atoms with Gasteiger partial charge in [0.25, 0.3) is 5.91 Å². The van der Waals surface area contributed by atoms with Crippen molar-refractivity contribution in [2.75, 3.05) is 11.9 Å². The van der Waals surface area contributed by atoms with Gasteiger partial charge in [-0.25, -0.2) is 15.0 Å². The highest BCUT2D eigenvalue weighted by Gasteiger charge is 2.31. The summed E-state index contributed by atoms with van der Waals surface area (Å²) in [6.07, 6.45) is 8.27. The summed E-state index contributed by atoms with van der Waals surface area (Å²) in [5.74, 6) is 0.977. The second-order valence-electron chi connectivity index (χ2n) is 6.18. The van der Waals surface area contributed by atoms with Crippen molar-refractivity contribution in [1.82, 2.24) is 24.8 Å². The number of amides is 1. The van der Waals surface area contributed by atoms with Gasteiger partial charge in [-0.05, 0) is 43.2 Å². The Labute approximate surface area is 161 Å². The molecule has 27 heavy (non-hydrogen) atoms. The Hall–Kier alpha value is -3.06. The number of rotatable bonds is 4. The molecule has 0 saturated carbocycles. The van der Waals surface area contributed by atoms with Crippen LogP contribution in [0.25, 0.3) is 0 Å². The number of hydrogen-bond acceptors (Lipinski definition) is 6. The summed E-state index contributed by atoms with van der Waals surface area (Å²) in [6.45, 7) is 0.697. The van der Waals surface area contributed by atoms with Crippen LogP contribution in [0.1, 0.15) is 34.9 Å². The Morgan fingerprint density at radius 1 is 1.11 bits per heavy atom. The number of halogens is 1. The van der Waals surface area contributed by atoms with Crippen molar-refractivity contribution in [3.63, 3.8) is 0 Å². The summed E-state index contributed by atoms with van der Waals surface area (Å²) in [6, 6.07) is 8.72. The molecule has 1 amide bonds. The molecule has 1 fully saturated rings. The molecule has 0 bridgehead atoms. The number of hydrogen-bond donors (Lipinski definition) is 1. The summed E-state index contributed by atoms with van der Waals surface area (Å²) in [5, 5.41) is 3.65. The average Bonchev–Trinajstić information content (AvgIpc) is 3.19. The van der Waals surface area contributed by atoms with Crippen molar-refractivity contribution >= 4 is 29.3 Å². The van der Waals surface area contributed by atoms with Crippen LogP contribution < -0.4 is 5.32 Å². The topological polar surface area (TPSA) is 83.9 Å². The van der Waals surface area contributed by atoms with Gasteiger partial charge in [-0.3, -0.25) is 9.78 Å². The molecule has 2 aromatic heterocycles. The molecule has 8 heteroatoms. The van der Waals surface area contributed by atoms with Crippen LogP contribution in [-0.4, -0.2) is 37.3 Å². The SMILES string of the molecule is O=C(c1ccc(Cl)cc1)N1CCC[C@@H]1c1ccnc(Nc2cnccn2)n1. The Morgan fingerprint density at radius 2 is 1.96 bits per heavy atom. The number of nitrogens with one attached hydrogen (secondary N) is 1.